The third-order valence-corrected chi connectivity index (χ3v) is 6.12. The monoisotopic (exact) mass is 484 g/mol. The lowest BCUT2D eigenvalue weighted by Gasteiger charge is -2.32. The fourth-order valence-corrected chi connectivity index (χ4v) is 3.96. The van der Waals surface area contributed by atoms with Crippen LogP contribution in [-0.2, 0) is 18.3 Å². The van der Waals surface area contributed by atoms with Gasteiger partial charge in [0.2, 0.25) is 0 Å². The quantitative estimate of drug-likeness (QED) is 0.592. The van der Waals surface area contributed by atoms with E-state index in [2.05, 4.69) is 25.5 Å². The van der Waals surface area contributed by atoms with Gasteiger partial charge in [0.15, 0.2) is 5.82 Å². The average molecular weight is 485 g/mol. The number of hydrogen-bond acceptors (Lipinski definition) is 5. The minimum Gasteiger partial charge on any atom is -0.444 e. The molecule has 1 aliphatic rings. The van der Waals surface area contributed by atoms with E-state index in [0.717, 1.165) is 31.8 Å². The summed E-state index contributed by atoms with van der Waals surface area (Å²) < 4.78 is 7.16. The highest BCUT2D eigenvalue weighted by molar-refractivity contribution is 6.44. The van der Waals surface area contributed by atoms with E-state index in [9.17, 15) is 9.59 Å². The molecule has 0 aromatic carbocycles. The Balaban J connectivity index is 1.50. The lowest BCUT2D eigenvalue weighted by molar-refractivity contribution is 0.0635. The molecule has 1 aliphatic heterocycles. The Bertz CT molecular complexity index is 987. The molecule has 176 valence electrons. The second kappa shape index (κ2) is 9.72. The van der Waals surface area contributed by atoms with Crippen LogP contribution in [0.5, 0.6) is 0 Å². The van der Waals surface area contributed by atoms with Crippen molar-refractivity contribution >= 4 is 41.0 Å². The molecular weight excluding hydrogens is 455 g/mol. The van der Waals surface area contributed by atoms with Gasteiger partial charge in [0.25, 0.3) is 5.91 Å². The summed E-state index contributed by atoms with van der Waals surface area (Å²) in [5.41, 5.74) is 0.403. The number of imidazole rings is 1. The molecule has 0 atom stereocenters. The number of anilines is 1. The summed E-state index contributed by atoms with van der Waals surface area (Å²) in [6.07, 6.45) is 2.85. The molecule has 0 saturated carbocycles. The number of aromatic amines is 1. The van der Waals surface area contributed by atoms with Gasteiger partial charge in [0, 0.05) is 38.1 Å². The van der Waals surface area contributed by atoms with E-state index in [0.29, 0.717) is 28.8 Å². The van der Waals surface area contributed by atoms with Gasteiger partial charge in [0.1, 0.15) is 17.1 Å². The highest BCUT2D eigenvalue weighted by Gasteiger charge is 2.25. The number of amides is 2. The predicted octanol–water partition coefficient (Wildman–Crippen LogP) is 4.10. The van der Waals surface area contributed by atoms with Crippen molar-refractivity contribution in [2.24, 2.45) is 7.05 Å². The first-order valence-corrected chi connectivity index (χ1v) is 11.3. The molecule has 1 saturated heterocycles. The van der Waals surface area contributed by atoms with Crippen LogP contribution in [0.4, 0.5) is 10.6 Å². The number of carbonyl (C=O) groups is 2. The molecule has 11 heteroatoms. The standard InChI is InChI=1S/C21H30Cl2N6O3/c1-12-16(22)17(23)18(24-12)19(30)25-13-6-8-29(9-7-13)11-15-26-14(10-28(15)5)27-20(31)32-21(2,3)4/h10,13,24H,6-9,11H2,1-5H3,(H,25,30)(H,27,31). The molecule has 2 amide bonds. The van der Waals surface area contributed by atoms with Gasteiger partial charge in [-0.3, -0.25) is 15.0 Å². The highest BCUT2D eigenvalue weighted by atomic mass is 35.5. The van der Waals surface area contributed by atoms with Crippen molar-refractivity contribution in [3.63, 3.8) is 0 Å². The largest absolute Gasteiger partial charge is 0.444 e. The number of rotatable bonds is 5. The topological polar surface area (TPSA) is 104 Å². The van der Waals surface area contributed by atoms with Crippen LogP contribution in [-0.4, -0.2) is 56.2 Å². The first-order valence-electron chi connectivity index (χ1n) is 10.5. The number of likely N-dealkylation sites (tertiary alicyclic amines) is 1. The molecule has 0 radical (unpaired) electrons. The molecule has 0 unspecified atom stereocenters. The number of halogens is 2. The number of nitrogens with one attached hydrogen (secondary N) is 3. The first-order chi connectivity index (χ1) is 14.9. The van der Waals surface area contributed by atoms with Crippen LogP contribution in [0.2, 0.25) is 10.0 Å². The molecule has 2 aromatic heterocycles. The van der Waals surface area contributed by atoms with Crippen LogP contribution in [0.3, 0.4) is 0 Å². The summed E-state index contributed by atoms with van der Waals surface area (Å²) in [4.78, 5) is 34.2. The molecule has 1 fully saturated rings. The molecule has 0 bridgehead atoms. The Morgan fingerprint density at radius 3 is 2.47 bits per heavy atom. The number of carbonyl (C=O) groups excluding carboxylic acids is 2. The Hall–Kier alpha value is -2.23. The number of aromatic nitrogens is 3. The summed E-state index contributed by atoms with van der Waals surface area (Å²) in [7, 11) is 1.89. The maximum Gasteiger partial charge on any atom is 0.413 e. The number of aryl methyl sites for hydroxylation is 2. The smallest absolute Gasteiger partial charge is 0.413 e. The third-order valence-electron chi connectivity index (χ3n) is 5.17. The summed E-state index contributed by atoms with van der Waals surface area (Å²) in [6, 6.07) is 0.0583. The van der Waals surface area contributed by atoms with Crippen molar-refractivity contribution in [3.8, 4) is 0 Å². The number of hydrogen-bond donors (Lipinski definition) is 3. The molecule has 3 heterocycles. The van der Waals surface area contributed by atoms with Gasteiger partial charge < -0.3 is 19.6 Å². The summed E-state index contributed by atoms with van der Waals surface area (Å²) in [5.74, 6) is 1.04. The van der Waals surface area contributed by atoms with Crippen molar-refractivity contribution in [3.05, 3.63) is 33.5 Å². The van der Waals surface area contributed by atoms with Crippen LogP contribution in [0.1, 0.15) is 55.6 Å². The van der Waals surface area contributed by atoms with Gasteiger partial charge in [0.05, 0.1) is 16.6 Å². The Kier molecular flexibility index (Phi) is 7.42. The number of piperidine rings is 1. The van der Waals surface area contributed by atoms with Crippen molar-refractivity contribution in [2.45, 2.75) is 58.7 Å². The first kappa shape index (κ1) is 24.4. The van der Waals surface area contributed by atoms with E-state index in [1.54, 1.807) is 13.1 Å². The molecular formula is C21H30Cl2N6O3. The maximum atomic E-state index is 12.5. The van der Waals surface area contributed by atoms with Crippen LogP contribution in [0.15, 0.2) is 6.20 Å². The van der Waals surface area contributed by atoms with E-state index < -0.39 is 11.7 Å². The van der Waals surface area contributed by atoms with Gasteiger partial charge in [-0.25, -0.2) is 9.78 Å². The van der Waals surface area contributed by atoms with E-state index in [1.807, 2.05) is 32.4 Å². The number of ether oxygens (including phenoxy) is 1. The number of H-pyrrole nitrogens is 1. The molecule has 3 N–H and O–H groups in total. The van der Waals surface area contributed by atoms with Crippen LogP contribution >= 0.6 is 23.2 Å². The van der Waals surface area contributed by atoms with Crippen LogP contribution in [0.25, 0.3) is 0 Å². The van der Waals surface area contributed by atoms with Gasteiger partial charge >= 0.3 is 6.09 Å². The Labute approximate surface area is 197 Å². The molecule has 2 aromatic rings. The van der Waals surface area contributed by atoms with Gasteiger partial charge in [-0.05, 0) is 40.5 Å². The third kappa shape index (κ3) is 6.17. The molecule has 3 rings (SSSR count). The van der Waals surface area contributed by atoms with Crippen molar-refractivity contribution in [1.82, 2.24) is 24.8 Å². The van der Waals surface area contributed by atoms with E-state index >= 15 is 0 Å². The maximum absolute atomic E-state index is 12.5. The highest BCUT2D eigenvalue weighted by Crippen LogP contribution is 2.29. The average Bonchev–Trinajstić information content (AvgIpc) is 3.15. The van der Waals surface area contributed by atoms with Gasteiger partial charge in [-0.1, -0.05) is 23.2 Å². The zero-order chi connectivity index (χ0) is 23.6. The fourth-order valence-electron chi connectivity index (χ4n) is 3.54. The fraction of sp³-hybridized carbons (Fsp3) is 0.571. The zero-order valence-electron chi connectivity index (χ0n) is 19.0. The summed E-state index contributed by atoms with van der Waals surface area (Å²) in [6.45, 7) is 9.47. The van der Waals surface area contributed by atoms with E-state index in [4.69, 9.17) is 27.9 Å². The van der Waals surface area contributed by atoms with E-state index in [1.165, 1.54) is 0 Å². The predicted molar refractivity (Wildman–Crippen MR) is 124 cm³/mol. The lowest BCUT2D eigenvalue weighted by Crippen LogP contribution is -2.44. The van der Waals surface area contributed by atoms with Crippen molar-refractivity contribution in [1.29, 1.82) is 0 Å². The van der Waals surface area contributed by atoms with Crippen LogP contribution in [0, 0.1) is 6.92 Å². The minimum atomic E-state index is -0.571. The van der Waals surface area contributed by atoms with Crippen molar-refractivity contribution in [2.75, 3.05) is 18.4 Å². The molecule has 9 nitrogen and oxygen atoms in total. The summed E-state index contributed by atoms with van der Waals surface area (Å²) >= 11 is 12.2. The second-order valence-corrected chi connectivity index (χ2v) is 9.81. The van der Waals surface area contributed by atoms with Crippen molar-refractivity contribution < 1.29 is 14.3 Å². The normalized spacial score (nSPS) is 15.6. The number of nitrogens with zero attached hydrogens (tertiary/aromatic N) is 3. The molecule has 0 spiro atoms. The SMILES string of the molecule is Cc1[nH]c(C(=O)NC2CCN(Cc3nc(NC(=O)OC(C)(C)C)cn3C)CC2)c(Cl)c1Cl. The van der Waals surface area contributed by atoms with Gasteiger partial charge in [-0.15, -0.1) is 0 Å². The van der Waals surface area contributed by atoms with E-state index in [-0.39, 0.29) is 17.0 Å². The molecule has 32 heavy (non-hydrogen) atoms. The zero-order valence-corrected chi connectivity index (χ0v) is 20.5. The lowest BCUT2D eigenvalue weighted by atomic mass is 10.0. The van der Waals surface area contributed by atoms with Gasteiger partial charge in [-0.2, -0.15) is 0 Å². The summed E-state index contributed by atoms with van der Waals surface area (Å²) in [5, 5.41) is 6.33. The Morgan fingerprint density at radius 1 is 1.25 bits per heavy atom. The minimum absolute atomic E-state index is 0.0583. The Morgan fingerprint density at radius 2 is 1.91 bits per heavy atom. The second-order valence-electron chi connectivity index (χ2n) is 9.06. The molecule has 0 aliphatic carbocycles. The van der Waals surface area contributed by atoms with Crippen LogP contribution < -0.4 is 10.6 Å².